The number of hydrogen-bond acceptors (Lipinski definition) is 2. The topological polar surface area (TPSA) is 37.3 Å². The van der Waals surface area contributed by atoms with Gasteiger partial charge < -0.3 is 5.11 Å². The maximum atomic E-state index is 10.7. The molecule has 2 aromatic carbocycles. The summed E-state index contributed by atoms with van der Waals surface area (Å²) in [4.78, 5) is 10.7. The van der Waals surface area contributed by atoms with Gasteiger partial charge in [0.2, 0.25) is 0 Å². The lowest BCUT2D eigenvalue weighted by atomic mass is 10.0. The summed E-state index contributed by atoms with van der Waals surface area (Å²) < 4.78 is 0. The Balaban J connectivity index is 0.000000980. The van der Waals surface area contributed by atoms with Crippen molar-refractivity contribution in [1.29, 1.82) is 0 Å². The molecule has 0 aliphatic heterocycles. The third-order valence-corrected chi connectivity index (χ3v) is 2.07. The molecule has 3 heteroatoms. The molecule has 0 saturated carbocycles. The minimum absolute atomic E-state index is 0. The van der Waals surface area contributed by atoms with E-state index in [9.17, 15) is 9.90 Å². The molecule has 0 spiro atoms. The highest BCUT2D eigenvalue weighted by molar-refractivity contribution is 6.00. The largest absolute Gasteiger partial charge is 0.507 e. The second-order valence-corrected chi connectivity index (χ2v) is 2.84. The summed E-state index contributed by atoms with van der Waals surface area (Å²) in [6, 6.07) is 10.8. The fraction of sp³-hybridized carbons (Fsp3) is 0. The molecule has 0 aromatic heterocycles. The van der Waals surface area contributed by atoms with Crippen molar-refractivity contribution in [3.63, 3.8) is 0 Å². The Hall–Kier alpha value is -1.54. The van der Waals surface area contributed by atoms with Gasteiger partial charge in [0.1, 0.15) is 5.75 Å². The van der Waals surface area contributed by atoms with E-state index in [1.54, 1.807) is 6.07 Å². The van der Waals surface area contributed by atoms with E-state index in [0.29, 0.717) is 11.8 Å². The summed E-state index contributed by atoms with van der Waals surface area (Å²) in [6.45, 7) is 0. The highest BCUT2D eigenvalue weighted by Crippen LogP contribution is 2.24. The van der Waals surface area contributed by atoms with Gasteiger partial charge in [-0.1, -0.05) is 30.3 Å². The van der Waals surface area contributed by atoms with Crippen molar-refractivity contribution in [2.24, 2.45) is 0 Å². The lowest BCUT2D eigenvalue weighted by Crippen LogP contribution is -1.83. The summed E-state index contributed by atoms with van der Waals surface area (Å²) in [5.41, 5.74) is 0.359. The van der Waals surface area contributed by atoms with Gasteiger partial charge in [0.05, 0.1) is 5.56 Å². The smallest absolute Gasteiger partial charge is 0.154 e. The minimum atomic E-state index is 0. The number of rotatable bonds is 1. The van der Waals surface area contributed by atoms with Crippen LogP contribution in [0.4, 0.5) is 0 Å². The number of fused-ring (bicyclic) bond motifs is 1. The van der Waals surface area contributed by atoms with Gasteiger partial charge >= 0.3 is 0 Å². The Bertz CT molecular complexity index is 466. The zero-order chi connectivity index (χ0) is 9.26. The molecule has 0 aliphatic carbocycles. The van der Waals surface area contributed by atoms with Gasteiger partial charge in [-0.2, -0.15) is 0 Å². The Morgan fingerprint density at radius 2 is 1.79 bits per heavy atom. The predicted molar refractivity (Wildman–Crippen MR) is 58.2 cm³/mol. The highest BCUT2D eigenvalue weighted by Gasteiger charge is 2.03. The quantitative estimate of drug-likeness (QED) is 0.732. The third-order valence-electron chi connectivity index (χ3n) is 2.07. The molecule has 14 heavy (non-hydrogen) atoms. The van der Waals surface area contributed by atoms with Crippen molar-refractivity contribution in [3.05, 3.63) is 42.0 Å². The number of aromatic hydroxyl groups is 1. The monoisotopic (exact) mass is 208 g/mol. The van der Waals surface area contributed by atoms with Crippen LogP contribution in [-0.4, -0.2) is 11.4 Å². The number of benzene rings is 2. The molecule has 2 rings (SSSR count). The summed E-state index contributed by atoms with van der Waals surface area (Å²) in [6.07, 6.45) is 0.678. The van der Waals surface area contributed by atoms with E-state index in [1.165, 1.54) is 6.07 Å². The Morgan fingerprint density at radius 1 is 1.07 bits per heavy atom. The molecule has 72 valence electrons. The molecule has 0 amide bonds. The van der Waals surface area contributed by atoms with Gasteiger partial charge in [0, 0.05) is 0 Å². The number of carbonyl (C=O) groups is 1. The first-order valence-corrected chi connectivity index (χ1v) is 3.99. The van der Waals surface area contributed by atoms with Gasteiger partial charge in [-0.25, -0.2) is 0 Å². The molecule has 2 aromatic rings. The first-order chi connectivity index (χ1) is 6.33. The summed E-state index contributed by atoms with van der Waals surface area (Å²) in [5.74, 6) is 0.0358. The molecule has 2 nitrogen and oxygen atoms in total. The molecular formula is C11H9ClO2. The first-order valence-electron chi connectivity index (χ1n) is 3.99. The van der Waals surface area contributed by atoms with Gasteiger partial charge in [-0.05, 0) is 16.8 Å². The fourth-order valence-electron chi connectivity index (χ4n) is 1.41. The molecule has 1 N–H and O–H groups in total. The Kier molecular flexibility index (Phi) is 3.10. The van der Waals surface area contributed by atoms with Crippen LogP contribution in [0.25, 0.3) is 10.8 Å². The van der Waals surface area contributed by atoms with Crippen LogP contribution < -0.4 is 0 Å². The SMILES string of the molecule is Cl.O=Cc1c(O)ccc2ccccc12. The molecule has 0 atom stereocenters. The van der Waals surface area contributed by atoms with Crippen LogP contribution in [0.2, 0.25) is 0 Å². The molecule has 0 unspecified atom stereocenters. The maximum Gasteiger partial charge on any atom is 0.154 e. The average molecular weight is 209 g/mol. The maximum absolute atomic E-state index is 10.7. The van der Waals surface area contributed by atoms with Crippen molar-refractivity contribution in [2.45, 2.75) is 0 Å². The van der Waals surface area contributed by atoms with Crippen LogP contribution in [0.1, 0.15) is 10.4 Å². The second-order valence-electron chi connectivity index (χ2n) is 2.84. The van der Waals surface area contributed by atoms with E-state index in [1.807, 2.05) is 24.3 Å². The summed E-state index contributed by atoms with van der Waals surface area (Å²) >= 11 is 0. The Morgan fingerprint density at radius 3 is 2.50 bits per heavy atom. The highest BCUT2D eigenvalue weighted by atomic mass is 35.5. The molecule has 0 radical (unpaired) electrons. The lowest BCUT2D eigenvalue weighted by Gasteiger charge is -2.01. The van der Waals surface area contributed by atoms with Crippen molar-refractivity contribution < 1.29 is 9.90 Å². The van der Waals surface area contributed by atoms with Crippen LogP contribution >= 0.6 is 12.4 Å². The molecule has 0 saturated heterocycles. The van der Waals surface area contributed by atoms with E-state index in [2.05, 4.69) is 0 Å². The molecule has 0 aliphatic rings. The van der Waals surface area contributed by atoms with Crippen LogP contribution in [0, 0.1) is 0 Å². The van der Waals surface area contributed by atoms with Gasteiger partial charge in [-0.15, -0.1) is 12.4 Å². The number of phenolic OH excluding ortho intramolecular Hbond substituents is 1. The summed E-state index contributed by atoms with van der Waals surface area (Å²) in [7, 11) is 0. The standard InChI is InChI=1S/C11H8O2.ClH/c12-7-10-9-4-2-1-3-8(9)5-6-11(10)13;/h1-7,13H;1H. The third kappa shape index (κ3) is 1.56. The van der Waals surface area contributed by atoms with Crippen LogP contribution in [0.5, 0.6) is 5.75 Å². The van der Waals surface area contributed by atoms with Crippen LogP contribution in [0.3, 0.4) is 0 Å². The Labute approximate surface area is 87.6 Å². The van der Waals surface area contributed by atoms with Crippen molar-refractivity contribution in [3.8, 4) is 5.75 Å². The van der Waals surface area contributed by atoms with Gasteiger partial charge in [0.15, 0.2) is 6.29 Å². The molecular weight excluding hydrogens is 200 g/mol. The normalized spacial score (nSPS) is 9.43. The van der Waals surface area contributed by atoms with Crippen molar-refractivity contribution >= 4 is 29.5 Å². The first kappa shape index (κ1) is 10.5. The number of hydrogen-bond donors (Lipinski definition) is 1. The number of phenols is 1. The van der Waals surface area contributed by atoms with Crippen LogP contribution in [0.15, 0.2) is 36.4 Å². The fourth-order valence-corrected chi connectivity index (χ4v) is 1.41. The number of halogens is 1. The minimum Gasteiger partial charge on any atom is -0.507 e. The van der Waals surface area contributed by atoms with E-state index in [4.69, 9.17) is 0 Å². The predicted octanol–water partition coefficient (Wildman–Crippen LogP) is 2.78. The van der Waals surface area contributed by atoms with Crippen LogP contribution in [-0.2, 0) is 0 Å². The van der Waals surface area contributed by atoms with Gasteiger partial charge in [0.25, 0.3) is 0 Å². The number of aldehydes is 1. The summed E-state index contributed by atoms with van der Waals surface area (Å²) in [5, 5.41) is 11.1. The van der Waals surface area contributed by atoms with E-state index in [0.717, 1.165) is 10.8 Å². The van der Waals surface area contributed by atoms with Crippen molar-refractivity contribution in [2.75, 3.05) is 0 Å². The van der Waals surface area contributed by atoms with Crippen molar-refractivity contribution in [1.82, 2.24) is 0 Å². The zero-order valence-electron chi connectivity index (χ0n) is 7.31. The average Bonchev–Trinajstić information content (AvgIpc) is 2.18. The second kappa shape index (κ2) is 4.11. The molecule has 0 fully saturated rings. The molecule has 0 bridgehead atoms. The zero-order valence-corrected chi connectivity index (χ0v) is 8.12. The molecule has 0 heterocycles. The van der Waals surface area contributed by atoms with E-state index < -0.39 is 0 Å². The van der Waals surface area contributed by atoms with E-state index >= 15 is 0 Å². The van der Waals surface area contributed by atoms with E-state index in [-0.39, 0.29) is 18.2 Å². The van der Waals surface area contributed by atoms with Gasteiger partial charge in [-0.3, -0.25) is 4.79 Å². The number of carbonyl (C=O) groups excluding carboxylic acids is 1. The lowest BCUT2D eigenvalue weighted by molar-refractivity contribution is 0.112.